The van der Waals surface area contributed by atoms with Gasteiger partial charge in [-0.3, -0.25) is 9.80 Å². The molecule has 18 heavy (non-hydrogen) atoms. The molecule has 0 N–H and O–H groups in total. The highest BCUT2D eigenvalue weighted by atomic mass is 79.9. The van der Waals surface area contributed by atoms with E-state index in [1.165, 1.54) is 39.0 Å². The number of halogens is 1. The molecule has 2 aliphatic rings. The zero-order valence-corrected chi connectivity index (χ0v) is 14.0. The maximum atomic E-state index is 3.72. The van der Waals surface area contributed by atoms with Crippen molar-refractivity contribution in [1.82, 2.24) is 9.80 Å². The monoisotopic (exact) mass is 316 g/mol. The third-order valence-electron chi connectivity index (χ3n) is 4.93. The molecule has 0 bridgehead atoms. The number of alkyl halides is 1. The van der Waals surface area contributed by atoms with Crippen LogP contribution in [0.25, 0.3) is 0 Å². The molecule has 2 aliphatic heterocycles. The van der Waals surface area contributed by atoms with Crippen LogP contribution in [0.1, 0.15) is 40.5 Å². The smallest absolute Gasteiger partial charge is 0.0224 e. The quantitative estimate of drug-likeness (QED) is 0.738. The molecule has 3 unspecified atom stereocenters. The first-order valence-electron chi connectivity index (χ1n) is 7.46. The molecule has 3 heteroatoms. The van der Waals surface area contributed by atoms with Crippen LogP contribution in [-0.2, 0) is 0 Å². The molecule has 2 rings (SSSR count). The van der Waals surface area contributed by atoms with Crippen LogP contribution >= 0.6 is 15.9 Å². The van der Waals surface area contributed by atoms with Crippen LogP contribution in [0.3, 0.4) is 0 Å². The Morgan fingerprint density at radius 3 is 2.61 bits per heavy atom. The van der Waals surface area contributed by atoms with Crippen molar-refractivity contribution in [2.45, 2.75) is 52.6 Å². The van der Waals surface area contributed by atoms with E-state index in [2.05, 4.69) is 53.4 Å². The fraction of sp³-hybridized carbons (Fsp3) is 1.00. The summed E-state index contributed by atoms with van der Waals surface area (Å²) in [5.74, 6) is 0.743. The van der Waals surface area contributed by atoms with Crippen molar-refractivity contribution < 1.29 is 0 Å². The van der Waals surface area contributed by atoms with Gasteiger partial charge in [0, 0.05) is 37.0 Å². The van der Waals surface area contributed by atoms with Crippen LogP contribution in [0.15, 0.2) is 0 Å². The highest BCUT2D eigenvalue weighted by Gasteiger charge is 2.36. The van der Waals surface area contributed by atoms with E-state index in [0.29, 0.717) is 5.41 Å². The minimum atomic E-state index is 0.399. The summed E-state index contributed by atoms with van der Waals surface area (Å²) < 4.78 is 0. The summed E-state index contributed by atoms with van der Waals surface area (Å²) in [6.45, 7) is 14.7. The lowest BCUT2D eigenvalue weighted by Crippen LogP contribution is -2.56. The van der Waals surface area contributed by atoms with Gasteiger partial charge in [-0.05, 0) is 37.6 Å². The molecule has 3 atom stereocenters. The van der Waals surface area contributed by atoms with Gasteiger partial charge < -0.3 is 0 Å². The predicted molar refractivity (Wildman–Crippen MR) is 82.4 cm³/mol. The summed E-state index contributed by atoms with van der Waals surface area (Å²) in [5.41, 5.74) is 0.399. The van der Waals surface area contributed by atoms with Gasteiger partial charge in [0.2, 0.25) is 0 Å². The fourth-order valence-electron chi connectivity index (χ4n) is 3.34. The molecule has 2 fully saturated rings. The third kappa shape index (κ3) is 3.29. The molecule has 106 valence electrons. The zero-order chi connectivity index (χ0) is 13.3. The lowest BCUT2D eigenvalue weighted by Gasteiger charge is -2.45. The first-order valence-corrected chi connectivity index (χ1v) is 8.58. The molecule has 2 heterocycles. The Balaban J connectivity index is 1.95. The molecule has 0 saturated carbocycles. The zero-order valence-electron chi connectivity index (χ0n) is 12.5. The number of piperazine rings is 1. The minimum Gasteiger partial charge on any atom is -0.298 e. The molecular weight excluding hydrogens is 288 g/mol. The van der Waals surface area contributed by atoms with E-state index in [9.17, 15) is 0 Å². The minimum absolute atomic E-state index is 0.399. The van der Waals surface area contributed by atoms with Gasteiger partial charge in [-0.15, -0.1) is 0 Å². The Morgan fingerprint density at radius 1 is 1.28 bits per heavy atom. The molecule has 2 saturated heterocycles. The van der Waals surface area contributed by atoms with Crippen LogP contribution < -0.4 is 0 Å². The molecule has 0 radical (unpaired) electrons. The molecule has 0 amide bonds. The Hall–Kier alpha value is 0.400. The fourth-order valence-corrected chi connectivity index (χ4v) is 4.52. The lowest BCUT2D eigenvalue weighted by molar-refractivity contribution is 0.0365. The van der Waals surface area contributed by atoms with Crippen LogP contribution in [0.4, 0.5) is 0 Å². The number of hydrogen-bond acceptors (Lipinski definition) is 2. The predicted octanol–water partition coefficient (Wildman–Crippen LogP) is 3.21. The molecule has 0 aromatic heterocycles. The summed E-state index contributed by atoms with van der Waals surface area (Å²) in [6, 6.07) is 1.57. The van der Waals surface area contributed by atoms with Gasteiger partial charge in [0.25, 0.3) is 0 Å². The van der Waals surface area contributed by atoms with E-state index in [-0.39, 0.29) is 0 Å². The van der Waals surface area contributed by atoms with Crippen molar-refractivity contribution in [2.75, 3.05) is 31.5 Å². The summed E-state index contributed by atoms with van der Waals surface area (Å²) in [4.78, 5) is 5.45. The second-order valence-corrected chi connectivity index (χ2v) is 7.96. The maximum Gasteiger partial charge on any atom is 0.0224 e. The van der Waals surface area contributed by atoms with E-state index in [1.807, 2.05) is 0 Å². The molecule has 2 nitrogen and oxygen atoms in total. The summed E-state index contributed by atoms with van der Waals surface area (Å²) >= 11 is 3.72. The summed E-state index contributed by atoms with van der Waals surface area (Å²) in [6.07, 6.45) is 2.82. The van der Waals surface area contributed by atoms with E-state index < -0.39 is 0 Å². The average molecular weight is 317 g/mol. The van der Waals surface area contributed by atoms with Gasteiger partial charge in [-0.2, -0.15) is 0 Å². The normalized spacial score (nSPS) is 32.5. The van der Waals surface area contributed by atoms with Crippen LogP contribution in [0.2, 0.25) is 0 Å². The molecule has 0 aromatic carbocycles. The van der Waals surface area contributed by atoms with E-state index in [1.54, 1.807) is 0 Å². The number of nitrogens with zero attached hydrogens (tertiary/aromatic N) is 2. The van der Waals surface area contributed by atoms with Gasteiger partial charge in [-0.25, -0.2) is 0 Å². The average Bonchev–Trinajstić information content (AvgIpc) is 2.70. The standard InChI is InChI=1S/C15H29BrN2/c1-12-9-17-7-5-6-14(17)11-18(12)10-13(8-16)15(2,3)4/h12-14H,5-11H2,1-4H3. The topological polar surface area (TPSA) is 6.48 Å². The van der Waals surface area contributed by atoms with Crippen molar-refractivity contribution in [2.24, 2.45) is 11.3 Å². The molecular formula is C15H29BrN2. The van der Waals surface area contributed by atoms with E-state index in [0.717, 1.165) is 23.3 Å². The second-order valence-electron chi connectivity index (χ2n) is 7.31. The highest BCUT2D eigenvalue weighted by molar-refractivity contribution is 9.09. The van der Waals surface area contributed by atoms with Gasteiger partial charge in [0.15, 0.2) is 0 Å². The first-order chi connectivity index (χ1) is 8.41. The lowest BCUT2D eigenvalue weighted by atomic mass is 9.81. The van der Waals surface area contributed by atoms with Gasteiger partial charge in [0.1, 0.15) is 0 Å². The van der Waals surface area contributed by atoms with Crippen molar-refractivity contribution in [3.05, 3.63) is 0 Å². The van der Waals surface area contributed by atoms with Gasteiger partial charge in [0.05, 0.1) is 0 Å². The molecule has 0 aliphatic carbocycles. The third-order valence-corrected chi connectivity index (χ3v) is 5.71. The largest absolute Gasteiger partial charge is 0.298 e. The van der Waals surface area contributed by atoms with Crippen molar-refractivity contribution >= 4 is 15.9 Å². The van der Waals surface area contributed by atoms with Crippen LogP contribution in [0.5, 0.6) is 0 Å². The number of fused-ring (bicyclic) bond motifs is 1. The second kappa shape index (κ2) is 5.80. The highest BCUT2D eigenvalue weighted by Crippen LogP contribution is 2.31. The van der Waals surface area contributed by atoms with Crippen molar-refractivity contribution in [3.8, 4) is 0 Å². The number of hydrogen-bond donors (Lipinski definition) is 0. The number of rotatable bonds is 3. The van der Waals surface area contributed by atoms with Crippen molar-refractivity contribution in [3.63, 3.8) is 0 Å². The Morgan fingerprint density at radius 2 is 2.00 bits per heavy atom. The Bertz CT molecular complexity index is 274. The van der Waals surface area contributed by atoms with E-state index in [4.69, 9.17) is 0 Å². The maximum absolute atomic E-state index is 3.72. The van der Waals surface area contributed by atoms with E-state index >= 15 is 0 Å². The van der Waals surface area contributed by atoms with Gasteiger partial charge in [-0.1, -0.05) is 36.7 Å². The summed E-state index contributed by atoms with van der Waals surface area (Å²) in [5, 5.41) is 1.12. The SMILES string of the molecule is CC1CN2CCCC2CN1CC(CBr)C(C)(C)C. The molecule has 0 aromatic rings. The van der Waals surface area contributed by atoms with Crippen LogP contribution in [0, 0.1) is 11.3 Å². The van der Waals surface area contributed by atoms with Gasteiger partial charge >= 0.3 is 0 Å². The van der Waals surface area contributed by atoms with Crippen LogP contribution in [-0.4, -0.2) is 53.4 Å². The Labute approximate surface area is 121 Å². The summed E-state index contributed by atoms with van der Waals surface area (Å²) in [7, 11) is 0. The van der Waals surface area contributed by atoms with Crippen molar-refractivity contribution in [1.29, 1.82) is 0 Å². The Kier molecular flexibility index (Phi) is 4.77. The molecule has 0 spiro atoms. The first kappa shape index (κ1) is 14.8.